The van der Waals surface area contributed by atoms with Crippen LogP contribution in [0.25, 0.3) is 11.4 Å². The van der Waals surface area contributed by atoms with Crippen LogP contribution in [0.15, 0.2) is 36.5 Å². The average Bonchev–Trinajstić information content (AvgIpc) is 3.19. The number of carbonyl (C=O) groups excluding carboxylic acids is 1. The number of fused-ring (bicyclic) bond motifs is 2. The van der Waals surface area contributed by atoms with Gasteiger partial charge in [-0.25, -0.2) is 14.8 Å². The number of benzene rings is 2. The Labute approximate surface area is 187 Å². The van der Waals surface area contributed by atoms with Crippen LogP contribution < -0.4 is 0 Å². The smallest absolute Gasteiger partial charge is 0.338 e. The molecule has 0 amide bonds. The summed E-state index contributed by atoms with van der Waals surface area (Å²) < 4.78 is 5.18. The lowest BCUT2D eigenvalue weighted by Gasteiger charge is -2.28. The second-order valence-corrected chi connectivity index (χ2v) is 8.54. The molecule has 2 aliphatic rings. The molecule has 0 bridgehead atoms. The van der Waals surface area contributed by atoms with E-state index in [0.29, 0.717) is 17.7 Å². The average molecular weight is 425 g/mol. The Hall–Kier alpha value is -3.56. The molecule has 0 spiro atoms. The van der Waals surface area contributed by atoms with Gasteiger partial charge in [-0.3, -0.25) is 4.90 Å². The van der Waals surface area contributed by atoms with Crippen LogP contribution in [0, 0.1) is 25.2 Å². The summed E-state index contributed by atoms with van der Waals surface area (Å²) in [7, 11) is 0. The normalized spacial score (nSPS) is 15.1. The van der Waals surface area contributed by atoms with Gasteiger partial charge in [0.25, 0.3) is 0 Å². The van der Waals surface area contributed by atoms with Gasteiger partial charge in [0.1, 0.15) is 6.61 Å². The van der Waals surface area contributed by atoms with E-state index >= 15 is 0 Å². The second-order valence-electron chi connectivity index (χ2n) is 8.54. The van der Waals surface area contributed by atoms with Gasteiger partial charge in [-0.2, -0.15) is 5.26 Å². The van der Waals surface area contributed by atoms with Crippen molar-refractivity contribution < 1.29 is 9.53 Å². The predicted molar refractivity (Wildman–Crippen MR) is 120 cm³/mol. The summed E-state index contributed by atoms with van der Waals surface area (Å²) in [6.07, 6.45) is 3.78. The van der Waals surface area contributed by atoms with Gasteiger partial charge in [0.15, 0.2) is 5.82 Å². The number of hydrogen-bond donors (Lipinski definition) is 0. The van der Waals surface area contributed by atoms with Crippen LogP contribution in [0.3, 0.4) is 0 Å². The van der Waals surface area contributed by atoms with Gasteiger partial charge >= 0.3 is 5.97 Å². The molecule has 5 rings (SSSR count). The van der Waals surface area contributed by atoms with Crippen LogP contribution >= 0.6 is 0 Å². The van der Waals surface area contributed by atoms with E-state index in [-0.39, 0.29) is 5.97 Å². The molecule has 6 heteroatoms. The van der Waals surface area contributed by atoms with Crippen molar-refractivity contribution in [1.82, 2.24) is 14.9 Å². The molecule has 3 aromatic rings. The molecule has 0 fully saturated rings. The van der Waals surface area contributed by atoms with Crippen LogP contribution in [-0.2, 0) is 30.7 Å². The first kappa shape index (κ1) is 20.3. The van der Waals surface area contributed by atoms with Crippen molar-refractivity contribution in [3.63, 3.8) is 0 Å². The minimum Gasteiger partial charge on any atom is -0.457 e. The van der Waals surface area contributed by atoms with Gasteiger partial charge in [-0.05, 0) is 61.2 Å². The van der Waals surface area contributed by atoms with Crippen molar-refractivity contribution in [3.05, 3.63) is 81.2 Å². The minimum absolute atomic E-state index is 0.210. The highest BCUT2D eigenvalue weighted by Gasteiger charge is 2.24. The Balaban J connectivity index is 1.28. The number of carbonyl (C=O) groups is 1. The van der Waals surface area contributed by atoms with E-state index in [4.69, 9.17) is 15.0 Å². The molecule has 32 heavy (non-hydrogen) atoms. The summed E-state index contributed by atoms with van der Waals surface area (Å²) in [5.74, 6) is 0.516. The summed E-state index contributed by atoms with van der Waals surface area (Å²) in [4.78, 5) is 23.7. The second kappa shape index (κ2) is 8.18. The van der Waals surface area contributed by atoms with Gasteiger partial charge < -0.3 is 4.74 Å². The molecule has 1 aromatic heterocycles. The van der Waals surface area contributed by atoms with E-state index in [1.807, 2.05) is 37.4 Å². The first-order valence-corrected chi connectivity index (χ1v) is 10.9. The van der Waals surface area contributed by atoms with Crippen molar-refractivity contribution in [3.8, 4) is 17.5 Å². The number of ether oxygens (including phenoxy) is 1. The number of rotatable bonds is 4. The number of nitriles is 1. The Morgan fingerprint density at radius 1 is 1.19 bits per heavy atom. The molecule has 2 aliphatic heterocycles. The van der Waals surface area contributed by atoms with Crippen molar-refractivity contribution >= 4 is 5.97 Å². The molecular weight excluding hydrogens is 400 g/mol. The highest BCUT2D eigenvalue weighted by Crippen LogP contribution is 2.27. The van der Waals surface area contributed by atoms with E-state index in [0.717, 1.165) is 60.7 Å². The van der Waals surface area contributed by atoms with Gasteiger partial charge in [0.2, 0.25) is 0 Å². The SMILES string of the molecule is Cc1cc(C#N)ccc1-c1ncc2c(n1)CCN(CCc1ccc3c(c1C)COC3=O)C2. The van der Waals surface area contributed by atoms with Crippen LogP contribution in [0.5, 0.6) is 0 Å². The standard InChI is InChI=1S/C26H24N4O2/c1-16-11-18(12-27)3-5-21(16)25-28-13-20-14-30(10-8-24(20)29-25)9-7-19-4-6-22-23(17(19)2)15-32-26(22)31/h3-6,11,13H,7-10,14-15H2,1-2H3. The van der Waals surface area contributed by atoms with Gasteiger partial charge in [-0.1, -0.05) is 6.07 Å². The largest absolute Gasteiger partial charge is 0.457 e. The van der Waals surface area contributed by atoms with E-state index in [2.05, 4.69) is 28.9 Å². The Morgan fingerprint density at radius 2 is 2.03 bits per heavy atom. The van der Waals surface area contributed by atoms with Crippen molar-refractivity contribution in [1.29, 1.82) is 5.26 Å². The quantitative estimate of drug-likeness (QED) is 0.591. The first-order valence-electron chi connectivity index (χ1n) is 10.9. The van der Waals surface area contributed by atoms with Gasteiger partial charge in [0.05, 0.1) is 22.9 Å². The molecule has 0 aliphatic carbocycles. The Bertz CT molecular complexity index is 1280. The third-order valence-corrected chi connectivity index (χ3v) is 6.58. The maximum atomic E-state index is 11.8. The third kappa shape index (κ3) is 3.65. The van der Waals surface area contributed by atoms with E-state index in [9.17, 15) is 4.79 Å². The molecule has 0 saturated heterocycles. The number of nitrogens with zero attached hydrogens (tertiary/aromatic N) is 4. The summed E-state index contributed by atoms with van der Waals surface area (Å²) in [6.45, 7) is 7.22. The molecule has 6 nitrogen and oxygen atoms in total. The zero-order valence-corrected chi connectivity index (χ0v) is 18.3. The molecule has 3 heterocycles. The molecule has 0 radical (unpaired) electrons. The number of aromatic nitrogens is 2. The molecule has 0 N–H and O–H groups in total. The third-order valence-electron chi connectivity index (χ3n) is 6.58. The van der Waals surface area contributed by atoms with Crippen molar-refractivity contribution in [2.24, 2.45) is 0 Å². The maximum Gasteiger partial charge on any atom is 0.338 e. The lowest BCUT2D eigenvalue weighted by molar-refractivity contribution is 0.0535. The fourth-order valence-corrected chi connectivity index (χ4v) is 4.63. The van der Waals surface area contributed by atoms with Crippen LogP contribution in [-0.4, -0.2) is 33.9 Å². The van der Waals surface area contributed by atoms with Gasteiger partial charge in [0, 0.05) is 48.9 Å². The predicted octanol–water partition coefficient (Wildman–Crippen LogP) is 3.90. The number of aryl methyl sites for hydroxylation is 1. The highest BCUT2D eigenvalue weighted by atomic mass is 16.5. The van der Waals surface area contributed by atoms with Crippen LogP contribution in [0.2, 0.25) is 0 Å². The number of hydrogen-bond acceptors (Lipinski definition) is 6. The molecule has 160 valence electrons. The highest BCUT2D eigenvalue weighted by molar-refractivity contribution is 5.93. The minimum atomic E-state index is -0.210. The summed E-state index contributed by atoms with van der Waals surface area (Å²) in [5.41, 5.74) is 9.13. The molecule has 0 atom stereocenters. The van der Waals surface area contributed by atoms with Crippen molar-refractivity contribution in [2.45, 2.75) is 39.8 Å². The topological polar surface area (TPSA) is 79.1 Å². The Kier molecular flexibility index (Phi) is 5.20. The van der Waals surface area contributed by atoms with E-state index in [1.54, 1.807) is 0 Å². The maximum absolute atomic E-state index is 11.8. The van der Waals surface area contributed by atoms with Gasteiger partial charge in [-0.15, -0.1) is 0 Å². The number of cyclic esters (lactones) is 1. The van der Waals surface area contributed by atoms with E-state index < -0.39 is 0 Å². The lowest BCUT2D eigenvalue weighted by atomic mass is 9.96. The van der Waals surface area contributed by atoms with Crippen LogP contribution in [0.1, 0.15) is 49.4 Å². The summed E-state index contributed by atoms with van der Waals surface area (Å²) >= 11 is 0. The molecule has 2 aromatic carbocycles. The monoisotopic (exact) mass is 424 g/mol. The fraction of sp³-hybridized carbons (Fsp3) is 0.308. The molecular formula is C26H24N4O2. The lowest BCUT2D eigenvalue weighted by Crippen LogP contribution is -2.33. The van der Waals surface area contributed by atoms with Crippen LogP contribution in [0.4, 0.5) is 0 Å². The zero-order valence-electron chi connectivity index (χ0n) is 18.3. The van der Waals surface area contributed by atoms with Crippen molar-refractivity contribution in [2.75, 3.05) is 13.1 Å². The first-order chi connectivity index (χ1) is 15.5. The Morgan fingerprint density at radius 3 is 2.84 bits per heavy atom. The summed E-state index contributed by atoms with van der Waals surface area (Å²) in [6, 6.07) is 11.8. The molecule has 0 saturated carbocycles. The zero-order chi connectivity index (χ0) is 22.2. The summed E-state index contributed by atoms with van der Waals surface area (Å²) in [5, 5.41) is 9.08. The fourth-order valence-electron chi connectivity index (χ4n) is 4.63. The number of esters is 1. The molecule has 0 unspecified atom stereocenters. The van der Waals surface area contributed by atoms with E-state index in [1.165, 1.54) is 16.7 Å².